The van der Waals surface area contributed by atoms with E-state index in [1.165, 1.54) is 10.4 Å². The molecule has 0 radical (unpaired) electrons. The van der Waals surface area contributed by atoms with Crippen molar-refractivity contribution in [2.75, 3.05) is 13.1 Å². The number of rotatable bonds is 7. The van der Waals surface area contributed by atoms with Crippen LogP contribution in [-0.4, -0.2) is 54.7 Å². The molecule has 1 unspecified atom stereocenters. The predicted molar refractivity (Wildman–Crippen MR) is 106 cm³/mol. The van der Waals surface area contributed by atoms with E-state index >= 15 is 0 Å². The molecule has 10 heteroatoms. The van der Waals surface area contributed by atoms with E-state index < -0.39 is 27.8 Å². The van der Waals surface area contributed by atoms with E-state index in [0.29, 0.717) is 51.3 Å². The molecule has 3 rings (SSSR count). The normalized spacial score (nSPS) is 19.9. The van der Waals surface area contributed by atoms with E-state index in [9.17, 15) is 26.4 Å². The number of amides is 1. The van der Waals surface area contributed by atoms with Crippen LogP contribution in [0.4, 0.5) is 13.2 Å². The van der Waals surface area contributed by atoms with Crippen molar-refractivity contribution < 1.29 is 26.4 Å². The second-order valence-corrected chi connectivity index (χ2v) is 9.89. The minimum atomic E-state index is -4.61. The van der Waals surface area contributed by atoms with Crippen LogP contribution >= 0.6 is 0 Å². The Hall–Kier alpha value is -1.65. The summed E-state index contributed by atoms with van der Waals surface area (Å²) in [6, 6.07) is 2.80. The van der Waals surface area contributed by atoms with Gasteiger partial charge in [-0.1, -0.05) is 19.4 Å². The summed E-state index contributed by atoms with van der Waals surface area (Å²) < 4.78 is 67.1. The Bertz CT molecular complexity index is 864. The molecule has 6 nitrogen and oxygen atoms in total. The number of carbonyl (C=O) groups is 1. The molecule has 2 aliphatic rings. The number of benzene rings is 1. The van der Waals surface area contributed by atoms with Crippen molar-refractivity contribution in [3.8, 4) is 0 Å². The van der Waals surface area contributed by atoms with E-state index in [2.05, 4.69) is 0 Å². The van der Waals surface area contributed by atoms with Crippen molar-refractivity contribution in [1.82, 2.24) is 9.21 Å². The molecule has 1 heterocycles. The van der Waals surface area contributed by atoms with Crippen LogP contribution in [-0.2, 0) is 21.0 Å². The van der Waals surface area contributed by atoms with Gasteiger partial charge in [-0.05, 0) is 50.3 Å². The lowest BCUT2D eigenvalue weighted by atomic mass is 10.0. The monoisotopic (exact) mass is 447 g/mol. The molecule has 1 atom stereocenters. The third-order valence-electron chi connectivity index (χ3n) is 5.70. The van der Waals surface area contributed by atoms with Gasteiger partial charge in [-0.25, -0.2) is 8.42 Å². The number of piperidine rings is 1. The first-order valence-corrected chi connectivity index (χ1v) is 11.7. The average Bonchev–Trinajstić information content (AvgIpc) is 3.52. The summed E-state index contributed by atoms with van der Waals surface area (Å²) in [6.45, 7) is 2.73. The van der Waals surface area contributed by atoms with Crippen molar-refractivity contribution in [3.63, 3.8) is 0 Å². The van der Waals surface area contributed by atoms with Crippen LogP contribution in [0.3, 0.4) is 0 Å². The lowest BCUT2D eigenvalue weighted by molar-refractivity contribution is -0.137. The fourth-order valence-corrected chi connectivity index (χ4v) is 5.96. The van der Waals surface area contributed by atoms with Gasteiger partial charge < -0.3 is 10.6 Å². The maximum Gasteiger partial charge on any atom is 0.416 e. The number of hydrogen-bond acceptors (Lipinski definition) is 4. The summed E-state index contributed by atoms with van der Waals surface area (Å²) in [5.74, 6) is -0.131. The number of halogens is 3. The molecule has 2 fully saturated rings. The zero-order valence-electron chi connectivity index (χ0n) is 16.9. The highest BCUT2D eigenvalue weighted by atomic mass is 32.2. The van der Waals surface area contributed by atoms with Crippen LogP contribution in [0.25, 0.3) is 0 Å². The first-order valence-electron chi connectivity index (χ1n) is 10.3. The zero-order valence-corrected chi connectivity index (χ0v) is 17.8. The number of nitrogens with zero attached hydrogens (tertiary/aromatic N) is 2. The lowest BCUT2D eigenvalue weighted by Gasteiger charge is -2.38. The smallest absolute Gasteiger partial charge is 0.341 e. The molecular weight excluding hydrogens is 419 g/mol. The van der Waals surface area contributed by atoms with Gasteiger partial charge in [0.25, 0.3) is 0 Å². The van der Waals surface area contributed by atoms with Gasteiger partial charge >= 0.3 is 6.18 Å². The van der Waals surface area contributed by atoms with Gasteiger partial charge in [0.15, 0.2) is 0 Å². The molecular formula is C20H28F3N3O3S. The predicted octanol–water partition coefficient (Wildman–Crippen LogP) is 2.98. The standard InChI is InChI=1S/C20H28F3N3O3S/c1-2-4-18(24)19(27)25-11-9-16(10-12-25)26(15-7-8-15)30(28,29)17-6-3-5-14(13-17)20(21,22)23/h3,5-6,13,15-16,18H,2,4,7-12,24H2,1H3. The SMILES string of the molecule is CCCC(N)C(=O)N1CCC(N(C2CC2)S(=O)(=O)c2cccc(C(F)(F)F)c2)CC1. The van der Waals surface area contributed by atoms with Crippen LogP contribution in [0.1, 0.15) is 51.0 Å². The molecule has 168 valence electrons. The van der Waals surface area contributed by atoms with E-state index in [1.807, 2.05) is 6.92 Å². The summed E-state index contributed by atoms with van der Waals surface area (Å²) in [7, 11) is -4.08. The molecule has 0 aromatic heterocycles. The van der Waals surface area contributed by atoms with Crippen molar-refractivity contribution >= 4 is 15.9 Å². The Balaban J connectivity index is 1.77. The van der Waals surface area contributed by atoms with E-state index in [-0.39, 0.29) is 22.9 Å². The Morgan fingerprint density at radius 3 is 2.33 bits per heavy atom. The van der Waals surface area contributed by atoms with Gasteiger partial charge in [0.05, 0.1) is 16.5 Å². The van der Waals surface area contributed by atoms with Crippen molar-refractivity contribution in [2.45, 2.75) is 74.6 Å². The Kier molecular flexibility index (Phi) is 6.78. The number of alkyl halides is 3. The van der Waals surface area contributed by atoms with Gasteiger partial charge in [-0.15, -0.1) is 0 Å². The molecule has 30 heavy (non-hydrogen) atoms. The summed E-state index contributed by atoms with van der Waals surface area (Å²) in [4.78, 5) is 13.7. The first-order chi connectivity index (χ1) is 14.1. The highest BCUT2D eigenvalue weighted by Crippen LogP contribution is 2.38. The van der Waals surface area contributed by atoms with E-state index in [4.69, 9.17) is 5.73 Å². The number of hydrogen-bond donors (Lipinski definition) is 1. The van der Waals surface area contributed by atoms with Gasteiger partial charge in [-0.2, -0.15) is 17.5 Å². The van der Waals surface area contributed by atoms with Crippen LogP contribution in [0, 0.1) is 0 Å². The quantitative estimate of drug-likeness (QED) is 0.697. The molecule has 1 amide bonds. The molecule has 1 aromatic rings. The third kappa shape index (κ3) is 4.97. The van der Waals surface area contributed by atoms with Crippen molar-refractivity contribution in [3.05, 3.63) is 29.8 Å². The van der Waals surface area contributed by atoms with Gasteiger partial charge in [0.1, 0.15) is 0 Å². The van der Waals surface area contributed by atoms with Gasteiger partial charge in [-0.3, -0.25) is 4.79 Å². The molecule has 0 bridgehead atoms. The summed E-state index contributed by atoms with van der Waals surface area (Å²) in [5.41, 5.74) is 4.93. The molecule has 1 aliphatic heterocycles. The highest BCUT2D eigenvalue weighted by Gasteiger charge is 2.44. The maximum atomic E-state index is 13.3. The molecule has 1 saturated carbocycles. The van der Waals surface area contributed by atoms with Gasteiger partial charge in [0, 0.05) is 25.2 Å². The second kappa shape index (κ2) is 8.84. The fraction of sp³-hybridized carbons (Fsp3) is 0.650. The number of likely N-dealkylation sites (tertiary alicyclic amines) is 1. The third-order valence-corrected chi connectivity index (χ3v) is 7.70. The van der Waals surface area contributed by atoms with Crippen LogP contribution in [0.15, 0.2) is 29.2 Å². The molecule has 0 spiro atoms. The topological polar surface area (TPSA) is 83.7 Å². The van der Waals surface area contributed by atoms with Crippen molar-refractivity contribution in [2.24, 2.45) is 5.73 Å². The fourth-order valence-electron chi connectivity index (χ4n) is 3.98. The molecule has 1 saturated heterocycles. The first kappa shape index (κ1) is 23.0. The molecule has 1 aliphatic carbocycles. The Morgan fingerprint density at radius 1 is 1.20 bits per heavy atom. The summed E-state index contributed by atoms with van der Waals surface area (Å²) in [5, 5.41) is 0. The van der Waals surface area contributed by atoms with Crippen LogP contribution in [0.2, 0.25) is 0 Å². The Morgan fingerprint density at radius 2 is 1.80 bits per heavy atom. The second-order valence-electron chi connectivity index (χ2n) is 8.04. The maximum absolute atomic E-state index is 13.3. The largest absolute Gasteiger partial charge is 0.416 e. The molecule has 1 aromatic carbocycles. The summed E-state index contributed by atoms with van der Waals surface area (Å²) in [6.07, 6.45) is -0.945. The Labute approximate surface area is 175 Å². The van der Waals surface area contributed by atoms with Crippen molar-refractivity contribution in [1.29, 1.82) is 0 Å². The van der Waals surface area contributed by atoms with E-state index in [1.54, 1.807) is 4.90 Å². The van der Waals surface area contributed by atoms with Crippen LogP contribution < -0.4 is 5.73 Å². The average molecular weight is 448 g/mol. The minimum Gasteiger partial charge on any atom is -0.341 e. The zero-order chi connectivity index (χ0) is 22.1. The van der Waals surface area contributed by atoms with E-state index in [0.717, 1.165) is 18.6 Å². The summed E-state index contributed by atoms with van der Waals surface area (Å²) >= 11 is 0. The van der Waals surface area contributed by atoms with Gasteiger partial charge in [0.2, 0.25) is 15.9 Å². The number of carbonyl (C=O) groups excluding carboxylic acids is 1. The minimum absolute atomic E-state index is 0.131. The van der Waals surface area contributed by atoms with Crippen LogP contribution in [0.5, 0.6) is 0 Å². The number of nitrogens with two attached hydrogens (primary N) is 1. The molecule has 2 N–H and O–H groups in total. The highest BCUT2D eigenvalue weighted by molar-refractivity contribution is 7.89. The number of sulfonamides is 1. The lowest BCUT2D eigenvalue weighted by Crippen LogP contribution is -2.52.